The highest BCUT2D eigenvalue weighted by Crippen LogP contribution is 2.24. The van der Waals surface area contributed by atoms with E-state index in [2.05, 4.69) is 16.7 Å². The van der Waals surface area contributed by atoms with Gasteiger partial charge in [-0.15, -0.1) is 0 Å². The number of rotatable bonds is 9. The van der Waals surface area contributed by atoms with Gasteiger partial charge in [-0.1, -0.05) is 42.5 Å². The van der Waals surface area contributed by atoms with Gasteiger partial charge < -0.3 is 20.3 Å². The lowest BCUT2D eigenvalue weighted by molar-refractivity contribution is -0.128. The highest BCUT2D eigenvalue weighted by molar-refractivity contribution is 5.81. The summed E-state index contributed by atoms with van der Waals surface area (Å²) in [5, 5.41) is 6.37. The lowest BCUT2D eigenvalue weighted by atomic mass is 10.1. The lowest BCUT2D eigenvalue weighted by Gasteiger charge is -2.22. The van der Waals surface area contributed by atoms with Gasteiger partial charge in [0.05, 0.1) is 19.2 Å². The van der Waals surface area contributed by atoms with Crippen LogP contribution in [-0.2, 0) is 22.7 Å². The van der Waals surface area contributed by atoms with Gasteiger partial charge in [-0.2, -0.15) is 0 Å². The second-order valence-corrected chi connectivity index (χ2v) is 7.76. The van der Waals surface area contributed by atoms with Gasteiger partial charge in [0, 0.05) is 31.6 Å². The van der Waals surface area contributed by atoms with E-state index in [4.69, 9.17) is 4.74 Å². The zero-order valence-corrected chi connectivity index (χ0v) is 18.0. The molecule has 3 rings (SSSR count). The fraction of sp³-hybridized carbons (Fsp3) is 0.417. The van der Waals surface area contributed by atoms with E-state index in [1.54, 1.807) is 7.11 Å². The van der Waals surface area contributed by atoms with Crippen LogP contribution < -0.4 is 15.4 Å². The third kappa shape index (κ3) is 5.39. The molecule has 1 aliphatic rings. The number of amides is 2. The summed E-state index contributed by atoms with van der Waals surface area (Å²) in [5.41, 5.74) is 3.17. The first kappa shape index (κ1) is 21.8. The van der Waals surface area contributed by atoms with E-state index >= 15 is 0 Å². The van der Waals surface area contributed by atoms with Crippen molar-refractivity contribution in [3.8, 4) is 5.75 Å². The Labute approximate surface area is 178 Å². The molecule has 0 radical (unpaired) electrons. The predicted octanol–water partition coefficient (Wildman–Crippen LogP) is 3.17. The Kier molecular flexibility index (Phi) is 7.46. The highest BCUT2D eigenvalue weighted by Gasteiger charge is 2.22. The van der Waals surface area contributed by atoms with Gasteiger partial charge >= 0.3 is 0 Å². The summed E-state index contributed by atoms with van der Waals surface area (Å²) >= 11 is 0. The minimum atomic E-state index is -0.358. The number of nitrogens with one attached hydrogen (secondary N) is 2. The normalized spacial score (nSPS) is 15.7. The van der Waals surface area contributed by atoms with Gasteiger partial charge in [-0.05, 0) is 37.5 Å². The van der Waals surface area contributed by atoms with E-state index in [0.717, 1.165) is 35.4 Å². The van der Waals surface area contributed by atoms with E-state index in [1.807, 2.05) is 61.2 Å². The average molecular weight is 410 g/mol. The Morgan fingerprint density at radius 2 is 1.80 bits per heavy atom. The molecule has 1 fully saturated rings. The Hall–Kier alpha value is -2.86. The molecule has 1 heterocycles. The Balaban J connectivity index is 1.57. The summed E-state index contributed by atoms with van der Waals surface area (Å²) in [5.74, 6) is 0.910. The van der Waals surface area contributed by atoms with Gasteiger partial charge in [0.2, 0.25) is 11.8 Å². The van der Waals surface area contributed by atoms with Crippen molar-refractivity contribution in [2.45, 2.75) is 51.9 Å². The second kappa shape index (κ2) is 10.3. The Bertz CT molecular complexity index is 884. The van der Waals surface area contributed by atoms with Crippen LogP contribution in [0.2, 0.25) is 0 Å². The van der Waals surface area contributed by atoms with Gasteiger partial charge in [0.25, 0.3) is 0 Å². The molecule has 6 heteroatoms. The number of para-hydroxylation sites is 1. The van der Waals surface area contributed by atoms with Crippen molar-refractivity contribution in [2.24, 2.45) is 0 Å². The molecule has 2 atom stereocenters. The standard InChI is InChI=1S/C24H31N3O3/c1-17(21-11-6-7-12-22(21)30-3)26-24(29)18(2)25-15-19-9-4-5-10-20(19)16-27-14-8-13-23(27)28/h4-7,9-12,17-18,25H,8,13-16H2,1-3H3,(H,26,29). The van der Waals surface area contributed by atoms with Crippen LogP contribution >= 0.6 is 0 Å². The van der Waals surface area contributed by atoms with Crippen molar-refractivity contribution in [1.82, 2.24) is 15.5 Å². The quantitative estimate of drug-likeness (QED) is 0.667. The lowest BCUT2D eigenvalue weighted by Crippen LogP contribution is -2.42. The van der Waals surface area contributed by atoms with Crippen LogP contribution in [0.5, 0.6) is 5.75 Å². The summed E-state index contributed by atoms with van der Waals surface area (Å²) in [6, 6.07) is 15.3. The SMILES string of the molecule is COc1ccccc1C(C)NC(=O)C(C)NCc1ccccc1CN1CCCC1=O. The third-order valence-electron chi connectivity index (χ3n) is 5.61. The summed E-state index contributed by atoms with van der Waals surface area (Å²) in [7, 11) is 1.63. The first-order valence-electron chi connectivity index (χ1n) is 10.5. The molecule has 0 aromatic heterocycles. The summed E-state index contributed by atoms with van der Waals surface area (Å²) in [4.78, 5) is 26.6. The number of benzene rings is 2. The van der Waals surface area contributed by atoms with E-state index < -0.39 is 0 Å². The first-order valence-corrected chi connectivity index (χ1v) is 10.5. The van der Waals surface area contributed by atoms with Crippen LogP contribution in [0.3, 0.4) is 0 Å². The van der Waals surface area contributed by atoms with Crippen LogP contribution in [0.15, 0.2) is 48.5 Å². The molecule has 2 aromatic carbocycles. The summed E-state index contributed by atoms with van der Waals surface area (Å²) in [6.45, 7) is 5.82. The number of carbonyl (C=O) groups excluding carboxylic acids is 2. The minimum absolute atomic E-state index is 0.0689. The minimum Gasteiger partial charge on any atom is -0.496 e. The molecule has 2 unspecified atom stereocenters. The number of nitrogens with zero attached hydrogens (tertiary/aromatic N) is 1. The smallest absolute Gasteiger partial charge is 0.237 e. The number of hydrogen-bond donors (Lipinski definition) is 2. The zero-order chi connectivity index (χ0) is 21.5. The zero-order valence-electron chi connectivity index (χ0n) is 18.0. The van der Waals surface area contributed by atoms with Crippen molar-refractivity contribution in [3.63, 3.8) is 0 Å². The van der Waals surface area contributed by atoms with Crippen LogP contribution in [0.1, 0.15) is 49.4 Å². The van der Waals surface area contributed by atoms with Gasteiger partial charge in [-0.3, -0.25) is 9.59 Å². The number of likely N-dealkylation sites (tertiary alicyclic amines) is 1. The maximum Gasteiger partial charge on any atom is 0.237 e. The molecule has 160 valence electrons. The molecule has 2 aromatic rings. The molecule has 2 amide bonds. The average Bonchev–Trinajstić information content (AvgIpc) is 3.17. The monoisotopic (exact) mass is 409 g/mol. The number of methoxy groups -OCH3 is 1. The van der Waals surface area contributed by atoms with Crippen LogP contribution in [0.25, 0.3) is 0 Å². The van der Waals surface area contributed by atoms with Crippen molar-refractivity contribution >= 4 is 11.8 Å². The molecular formula is C24H31N3O3. The van der Waals surface area contributed by atoms with Gasteiger partial charge in [-0.25, -0.2) is 0 Å². The van der Waals surface area contributed by atoms with Crippen molar-refractivity contribution < 1.29 is 14.3 Å². The van der Waals surface area contributed by atoms with E-state index in [9.17, 15) is 9.59 Å². The van der Waals surface area contributed by atoms with E-state index in [0.29, 0.717) is 19.5 Å². The molecule has 1 saturated heterocycles. The molecular weight excluding hydrogens is 378 g/mol. The number of ether oxygens (including phenoxy) is 1. The van der Waals surface area contributed by atoms with Crippen molar-refractivity contribution in [2.75, 3.05) is 13.7 Å². The molecule has 0 aliphatic carbocycles. The number of hydrogen-bond acceptors (Lipinski definition) is 4. The molecule has 6 nitrogen and oxygen atoms in total. The molecule has 0 spiro atoms. The molecule has 0 bridgehead atoms. The maximum atomic E-state index is 12.7. The van der Waals surface area contributed by atoms with Crippen molar-refractivity contribution in [3.05, 3.63) is 65.2 Å². The van der Waals surface area contributed by atoms with Gasteiger partial charge in [0.15, 0.2) is 0 Å². The Morgan fingerprint density at radius 1 is 1.10 bits per heavy atom. The number of carbonyl (C=O) groups is 2. The van der Waals surface area contributed by atoms with E-state index in [-0.39, 0.29) is 23.9 Å². The third-order valence-corrected chi connectivity index (χ3v) is 5.61. The summed E-state index contributed by atoms with van der Waals surface area (Å²) < 4.78 is 5.39. The molecule has 2 N–H and O–H groups in total. The largest absolute Gasteiger partial charge is 0.496 e. The highest BCUT2D eigenvalue weighted by atomic mass is 16.5. The summed E-state index contributed by atoms with van der Waals surface area (Å²) in [6.07, 6.45) is 1.57. The molecule has 0 saturated carbocycles. The Morgan fingerprint density at radius 3 is 2.50 bits per heavy atom. The van der Waals surface area contributed by atoms with E-state index in [1.165, 1.54) is 0 Å². The fourth-order valence-electron chi connectivity index (χ4n) is 3.76. The van der Waals surface area contributed by atoms with Crippen LogP contribution in [0.4, 0.5) is 0 Å². The van der Waals surface area contributed by atoms with Crippen LogP contribution in [-0.4, -0.2) is 36.4 Å². The van der Waals surface area contributed by atoms with Crippen LogP contribution in [0, 0.1) is 0 Å². The topological polar surface area (TPSA) is 70.7 Å². The second-order valence-electron chi connectivity index (χ2n) is 7.76. The molecule has 30 heavy (non-hydrogen) atoms. The maximum absolute atomic E-state index is 12.7. The predicted molar refractivity (Wildman–Crippen MR) is 117 cm³/mol. The van der Waals surface area contributed by atoms with Crippen molar-refractivity contribution in [1.29, 1.82) is 0 Å². The molecule has 1 aliphatic heterocycles. The van der Waals surface area contributed by atoms with Gasteiger partial charge in [0.1, 0.15) is 5.75 Å². The fourth-order valence-corrected chi connectivity index (χ4v) is 3.76. The first-order chi connectivity index (χ1) is 14.5.